The van der Waals surface area contributed by atoms with E-state index in [-0.39, 0.29) is 0 Å². The van der Waals surface area contributed by atoms with Gasteiger partial charge in [-0.25, -0.2) is 9.97 Å². The molecule has 0 saturated carbocycles. The molecule has 0 saturated heterocycles. The van der Waals surface area contributed by atoms with Gasteiger partial charge < -0.3 is 0 Å². The summed E-state index contributed by atoms with van der Waals surface area (Å²) in [7, 11) is 0. The predicted octanol–water partition coefficient (Wildman–Crippen LogP) is 11.4. The van der Waals surface area contributed by atoms with Crippen LogP contribution in [0.2, 0.25) is 0 Å². The van der Waals surface area contributed by atoms with E-state index in [1.165, 1.54) is 11.1 Å². The largest absolute Gasteiger partial charge is 0.284 e. The van der Waals surface area contributed by atoms with E-state index in [1.54, 1.807) is 0 Å². The number of pyridine rings is 1. The van der Waals surface area contributed by atoms with Crippen molar-refractivity contribution in [2.45, 2.75) is 33.1 Å². The summed E-state index contributed by atoms with van der Waals surface area (Å²) < 4.78 is 0. The SMILES string of the molecule is CC1=C(c2nc(-c3cc(-c4ccc(C5=NCCC=C5)cc4)cc(-c4ccc(-c5ccccn5)cc4)c3)nc(-c3ccccc3)c2C)CCC=C1. The van der Waals surface area contributed by atoms with Crippen LogP contribution in [-0.4, -0.2) is 27.2 Å². The molecule has 0 fully saturated rings. The van der Waals surface area contributed by atoms with Gasteiger partial charge in [0.15, 0.2) is 5.82 Å². The Morgan fingerprint density at radius 1 is 0.520 bits per heavy atom. The van der Waals surface area contributed by atoms with Crippen molar-refractivity contribution in [3.63, 3.8) is 0 Å². The Hall–Kier alpha value is -6.00. The first-order chi connectivity index (χ1) is 24.6. The van der Waals surface area contributed by atoms with Gasteiger partial charge in [0.1, 0.15) is 0 Å². The second-order valence-electron chi connectivity index (χ2n) is 13.0. The third kappa shape index (κ3) is 6.40. The molecule has 1 aliphatic heterocycles. The van der Waals surface area contributed by atoms with Crippen LogP contribution in [0.3, 0.4) is 0 Å². The minimum Gasteiger partial charge on any atom is -0.284 e. The average Bonchev–Trinajstić information content (AvgIpc) is 3.19. The molecular weight excluding hydrogens is 609 g/mol. The molecule has 50 heavy (non-hydrogen) atoms. The molecule has 3 heterocycles. The third-order valence-electron chi connectivity index (χ3n) is 9.62. The van der Waals surface area contributed by atoms with Gasteiger partial charge in [-0.15, -0.1) is 0 Å². The Balaban J connectivity index is 1.29. The van der Waals surface area contributed by atoms with Gasteiger partial charge in [0.25, 0.3) is 0 Å². The second-order valence-corrected chi connectivity index (χ2v) is 13.0. The summed E-state index contributed by atoms with van der Waals surface area (Å²) in [5.41, 5.74) is 16.5. The van der Waals surface area contributed by atoms with Crippen molar-refractivity contribution in [3.8, 4) is 56.2 Å². The molecule has 0 N–H and O–H groups in total. The van der Waals surface area contributed by atoms with Crippen LogP contribution in [0.25, 0.3) is 61.7 Å². The molecule has 0 spiro atoms. The quantitative estimate of drug-likeness (QED) is 0.173. The van der Waals surface area contributed by atoms with E-state index in [0.717, 1.165) is 104 Å². The maximum absolute atomic E-state index is 5.37. The molecule has 4 aromatic carbocycles. The number of benzene rings is 4. The molecule has 0 radical (unpaired) electrons. The molecule has 0 atom stereocenters. The molecule has 0 bridgehead atoms. The molecule has 6 aromatic rings. The highest BCUT2D eigenvalue weighted by Gasteiger charge is 2.20. The predicted molar refractivity (Wildman–Crippen MR) is 208 cm³/mol. The van der Waals surface area contributed by atoms with Gasteiger partial charge >= 0.3 is 0 Å². The minimum atomic E-state index is 0.728. The lowest BCUT2D eigenvalue weighted by atomic mass is 9.91. The van der Waals surface area contributed by atoms with Crippen molar-refractivity contribution in [2.24, 2.45) is 4.99 Å². The standard InChI is InChI=1S/C46H38N4/c1-31-12-6-7-15-41(31)45-32(2)44(37-13-4-3-5-14-37)49-46(50-45)40-29-38(33-18-22-35(23-19-33)42-16-8-10-26-47-42)28-39(30-40)34-20-24-36(25-21-34)43-17-9-11-27-48-43/h3-6,8-10,12-14,16-26,28-30H,7,11,15,27H2,1-2H3. The van der Waals surface area contributed by atoms with Crippen LogP contribution >= 0.6 is 0 Å². The second kappa shape index (κ2) is 13.9. The summed E-state index contributed by atoms with van der Waals surface area (Å²) in [6.07, 6.45) is 13.6. The monoisotopic (exact) mass is 646 g/mol. The Kier molecular flexibility index (Phi) is 8.67. The molecule has 4 heteroatoms. The van der Waals surface area contributed by atoms with Gasteiger partial charge in [-0.2, -0.15) is 0 Å². The van der Waals surface area contributed by atoms with Crippen LogP contribution in [0.15, 0.2) is 156 Å². The van der Waals surface area contributed by atoms with Crippen LogP contribution in [0.4, 0.5) is 0 Å². The number of aliphatic imine (C=N–C) groups is 1. The molecule has 2 aromatic heterocycles. The van der Waals surface area contributed by atoms with Gasteiger partial charge in [-0.05, 0) is 108 Å². The van der Waals surface area contributed by atoms with Crippen molar-refractivity contribution in [1.29, 1.82) is 0 Å². The zero-order chi connectivity index (χ0) is 33.9. The van der Waals surface area contributed by atoms with Crippen LogP contribution in [-0.2, 0) is 0 Å². The van der Waals surface area contributed by atoms with Gasteiger partial charge in [0, 0.05) is 35.0 Å². The van der Waals surface area contributed by atoms with E-state index in [1.807, 2.05) is 24.4 Å². The van der Waals surface area contributed by atoms with Gasteiger partial charge in [-0.3, -0.25) is 9.98 Å². The zero-order valence-electron chi connectivity index (χ0n) is 28.5. The van der Waals surface area contributed by atoms with Crippen LogP contribution in [0.5, 0.6) is 0 Å². The van der Waals surface area contributed by atoms with Crippen molar-refractivity contribution in [2.75, 3.05) is 6.54 Å². The Labute approximate surface area is 294 Å². The fraction of sp³-hybridized carbons (Fsp3) is 0.130. The van der Waals surface area contributed by atoms with Crippen molar-refractivity contribution < 1.29 is 0 Å². The Morgan fingerprint density at radius 3 is 1.82 bits per heavy atom. The van der Waals surface area contributed by atoms with E-state index >= 15 is 0 Å². The molecule has 1 aliphatic carbocycles. The highest BCUT2D eigenvalue weighted by molar-refractivity contribution is 6.09. The first-order valence-electron chi connectivity index (χ1n) is 17.4. The summed E-state index contributed by atoms with van der Waals surface area (Å²) in [4.78, 5) is 20.0. The smallest absolute Gasteiger partial charge is 0.160 e. The summed E-state index contributed by atoms with van der Waals surface area (Å²) in [6.45, 7) is 5.20. The molecule has 8 rings (SSSR count). The normalized spacial score (nSPS) is 14.2. The fourth-order valence-electron chi connectivity index (χ4n) is 6.89. The number of dihydropyridines is 1. The van der Waals surface area contributed by atoms with Gasteiger partial charge in [-0.1, -0.05) is 103 Å². The number of hydrogen-bond acceptors (Lipinski definition) is 4. The number of rotatable bonds is 7. The summed E-state index contributed by atoms with van der Waals surface area (Å²) in [5.74, 6) is 0.728. The van der Waals surface area contributed by atoms with Crippen molar-refractivity contribution in [1.82, 2.24) is 15.0 Å². The van der Waals surface area contributed by atoms with Crippen LogP contribution < -0.4 is 0 Å². The van der Waals surface area contributed by atoms with E-state index in [9.17, 15) is 0 Å². The van der Waals surface area contributed by atoms with Gasteiger partial charge in [0.05, 0.1) is 22.8 Å². The van der Waals surface area contributed by atoms with Crippen molar-refractivity contribution in [3.05, 3.63) is 168 Å². The van der Waals surface area contributed by atoms with Crippen molar-refractivity contribution >= 4 is 11.3 Å². The molecule has 0 unspecified atom stereocenters. The summed E-state index contributed by atoms with van der Waals surface area (Å²) in [5, 5.41) is 0. The van der Waals surface area contributed by atoms with Gasteiger partial charge in [0.2, 0.25) is 0 Å². The summed E-state index contributed by atoms with van der Waals surface area (Å²) >= 11 is 0. The third-order valence-corrected chi connectivity index (χ3v) is 9.62. The van der Waals surface area contributed by atoms with Crippen LogP contribution in [0, 0.1) is 6.92 Å². The lowest BCUT2D eigenvalue weighted by Crippen LogP contribution is -2.05. The van der Waals surface area contributed by atoms with Crippen LogP contribution in [0.1, 0.15) is 43.0 Å². The molecule has 242 valence electrons. The van der Waals surface area contributed by atoms with E-state index < -0.39 is 0 Å². The maximum atomic E-state index is 5.37. The number of aromatic nitrogens is 3. The first-order valence-corrected chi connectivity index (χ1v) is 17.4. The highest BCUT2D eigenvalue weighted by atomic mass is 14.9. The van der Waals surface area contributed by atoms with E-state index in [4.69, 9.17) is 15.0 Å². The topological polar surface area (TPSA) is 51.0 Å². The molecule has 2 aliphatic rings. The highest BCUT2D eigenvalue weighted by Crippen LogP contribution is 2.37. The van der Waals surface area contributed by atoms with E-state index in [0.29, 0.717) is 0 Å². The number of nitrogens with zero attached hydrogens (tertiary/aromatic N) is 4. The Morgan fingerprint density at radius 2 is 1.16 bits per heavy atom. The molecular formula is C46H38N4. The zero-order valence-corrected chi connectivity index (χ0v) is 28.5. The number of hydrogen-bond donors (Lipinski definition) is 0. The maximum Gasteiger partial charge on any atom is 0.160 e. The summed E-state index contributed by atoms with van der Waals surface area (Å²) in [6, 6.07) is 40.7. The lowest BCUT2D eigenvalue weighted by Gasteiger charge is -2.19. The minimum absolute atomic E-state index is 0.728. The number of allylic oxidation sites excluding steroid dienone is 5. The molecule has 0 amide bonds. The average molecular weight is 647 g/mol. The Bertz CT molecular complexity index is 2290. The first kappa shape index (κ1) is 31.3. The van der Waals surface area contributed by atoms with E-state index in [2.05, 4.69) is 140 Å². The lowest BCUT2D eigenvalue weighted by molar-refractivity contribution is 0.994. The fourth-order valence-corrected chi connectivity index (χ4v) is 6.89. The molecule has 4 nitrogen and oxygen atoms in total.